The van der Waals surface area contributed by atoms with E-state index in [1.165, 1.54) is 0 Å². The molecule has 0 radical (unpaired) electrons. The SMILES string of the molecule is Cc1ccccc1[O][Ti][O]c1ccccc1C.F.F. The van der Waals surface area contributed by atoms with Crippen LogP contribution in [0.15, 0.2) is 48.5 Å². The van der Waals surface area contributed by atoms with E-state index < -0.39 is 19.9 Å². The van der Waals surface area contributed by atoms with Crippen LogP contribution in [0.5, 0.6) is 11.5 Å². The third kappa shape index (κ3) is 5.01. The molecule has 0 aliphatic carbocycles. The molecule has 19 heavy (non-hydrogen) atoms. The second kappa shape index (κ2) is 8.67. The molecule has 2 rings (SSSR count). The van der Waals surface area contributed by atoms with Gasteiger partial charge in [0.2, 0.25) is 0 Å². The first kappa shape index (κ1) is 17.6. The number of rotatable bonds is 4. The standard InChI is InChI=1S/2C7H8O.2FH.Ti/c2*1-6-4-2-3-5-7(6)8;;;/h2*2-5,8H,1H3;2*1H;/q;;;;+2/p-2. The van der Waals surface area contributed by atoms with E-state index in [9.17, 15) is 0 Å². The predicted octanol–water partition coefficient (Wildman–Crippen LogP) is 3.98. The molecule has 0 N–H and O–H groups in total. The molecule has 2 aromatic rings. The third-order valence-electron chi connectivity index (χ3n) is 2.49. The number of hydrogen-bond donors (Lipinski definition) is 0. The van der Waals surface area contributed by atoms with Gasteiger partial charge in [0.15, 0.2) is 0 Å². The van der Waals surface area contributed by atoms with Gasteiger partial charge in [0.05, 0.1) is 0 Å². The zero-order valence-corrected chi connectivity index (χ0v) is 12.3. The van der Waals surface area contributed by atoms with Crippen molar-refractivity contribution in [3.63, 3.8) is 0 Å². The van der Waals surface area contributed by atoms with Gasteiger partial charge in [-0.3, -0.25) is 9.41 Å². The number of para-hydroxylation sites is 2. The molecule has 0 saturated heterocycles. The van der Waals surface area contributed by atoms with Crippen molar-refractivity contribution in [3.8, 4) is 11.5 Å². The summed E-state index contributed by atoms with van der Waals surface area (Å²) in [6, 6.07) is 16.0. The monoisotopic (exact) mass is 302 g/mol. The van der Waals surface area contributed by atoms with Crippen molar-refractivity contribution < 1.29 is 36.0 Å². The Morgan fingerprint density at radius 2 is 1.05 bits per heavy atom. The molecule has 2 nitrogen and oxygen atoms in total. The Bertz CT molecular complexity index is 461. The summed E-state index contributed by atoms with van der Waals surface area (Å²) in [5, 5.41) is 0. The minimum Gasteiger partial charge on any atom is -0.269 e. The van der Waals surface area contributed by atoms with E-state index in [2.05, 4.69) is 0 Å². The van der Waals surface area contributed by atoms with Gasteiger partial charge in [-0.2, -0.15) is 0 Å². The molecule has 0 aliphatic rings. The maximum absolute atomic E-state index is 5.70. The van der Waals surface area contributed by atoms with Crippen LogP contribution >= 0.6 is 0 Å². The molecule has 0 unspecified atom stereocenters. The van der Waals surface area contributed by atoms with Gasteiger partial charge in [-0.15, -0.1) is 0 Å². The van der Waals surface area contributed by atoms with Crippen LogP contribution in [0.4, 0.5) is 9.41 Å². The summed E-state index contributed by atoms with van der Waals surface area (Å²) in [7, 11) is 0. The van der Waals surface area contributed by atoms with Gasteiger partial charge < -0.3 is 0 Å². The number of hydrogen-bond acceptors (Lipinski definition) is 2. The summed E-state index contributed by atoms with van der Waals surface area (Å²) in [5.74, 6) is 1.84. The summed E-state index contributed by atoms with van der Waals surface area (Å²) in [6.45, 7) is 4.07. The van der Waals surface area contributed by atoms with Crippen LogP contribution in [0.3, 0.4) is 0 Å². The van der Waals surface area contributed by atoms with E-state index in [4.69, 9.17) is 6.64 Å². The van der Waals surface area contributed by atoms with Crippen LogP contribution in [0, 0.1) is 13.8 Å². The maximum atomic E-state index is 5.70. The third-order valence-corrected chi connectivity index (χ3v) is 3.44. The average Bonchev–Trinajstić information content (AvgIpc) is 2.34. The molecule has 0 heterocycles. The first-order chi connectivity index (χ1) is 8.27. The Morgan fingerprint density at radius 3 is 1.42 bits per heavy atom. The molecule has 2 aromatic carbocycles. The van der Waals surface area contributed by atoms with Gasteiger partial charge >= 0.3 is 112 Å². The molecule has 5 heteroatoms. The molecule has 102 valence electrons. The van der Waals surface area contributed by atoms with E-state index in [1.807, 2.05) is 62.4 Å². The molecule has 0 aromatic heterocycles. The van der Waals surface area contributed by atoms with E-state index in [-0.39, 0.29) is 9.41 Å². The summed E-state index contributed by atoms with van der Waals surface area (Å²) in [4.78, 5) is 0. The second-order valence-corrected chi connectivity index (χ2v) is 4.72. The van der Waals surface area contributed by atoms with Crippen molar-refractivity contribution in [3.05, 3.63) is 59.7 Å². The topological polar surface area (TPSA) is 18.5 Å². The Balaban J connectivity index is 0.00000162. The average molecular weight is 302 g/mol. The van der Waals surface area contributed by atoms with Crippen molar-refractivity contribution in [1.29, 1.82) is 0 Å². The van der Waals surface area contributed by atoms with Crippen molar-refractivity contribution in [2.24, 2.45) is 0 Å². The first-order valence-electron chi connectivity index (χ1n) is 5.47. The molecule has 0 aliphatic heterocycles. The summed E-state index contributed by atoms with van der Waals surface area (Å²) in [5.41, 5.74) is 2.29. The van der Waals surface area contributed by atoms with E-state index in [0.717, 1.165) is 22.6 Å². The van der Waals surface area contributed by atoms with Gasteiger partial charge in [-0.05, 0) is 0 Å². The Labute approximate surface area is 121 Å². The first-order valence-corrected chi connectivity index (χ1v) is 6.75. The van der Waals surface area contributed by atoms with E-state index in [0.29, 0.717) is 0 Å². The number of aryl methyl sites for hydroxylation is 2. The zero-order chi connectivity index (χ0) is 12.1. The fraction of sp³-hybridized carbons (Fsp3) is 0.143. The minimum atomic E-state index is -0.902. The van der Waals surface area contributed by atoms with Gasteiger partial charge in [-0.25, -0.2) is 0 Å². The summed E-state index contributed by atoms with van der Waals surface area (Å²) >= 11 is -0.902. The van der Waals surface area contributed by atoms with Crippen LogP contribution in [-0.4, -0.2) is 0 Å². The molecule has 0 bridgehead atoms. The van der Waals surface area contributed by atoms with Crippen LogP contribution in [0.25, 0.3) is 0 Å². The van der Waals surface area contributed by atoms with Crippen molar-refractivity contribution in [1.82, 2.24) is 0 Å². The van der Waals surface area contributed by atoms with Gasteiger partial charge in [0.25, 0.3) is 0 Å². The van der Waals surface area contributed by atoms with Crippen LogP contribution in [0.2, 0.25) is 0 Å². The fourth-order valence-electron chi connectivity index (χ4n) is 1.45. The van der Waals surface area contributed by atoms with Crippen LogP contribution < -0.4 is 6.64 Å². The van der Waals surface area contributed by atoms with Crippen molar-refractivity contribution in [2.45, 2.75) is 13.8 Å². The number of benzene rings is 2. The fourth-order valence-corrected chi connectivity index (χ4v) is 2.51. The van der Waals surface area contributed by atoms with Gasteiger partial charge in [-0.1, -0.05) is 0 Å². The minimum absolute atomic E-state index is 0. The Kier molecular flexibility index (Phi) is 8.04. The molecule has 0 saturated carbocycles. The van der Waals surface area contributed by atoms with Crippen molar-refractivity contribution in [2.75, 3.05) is 0 Å². The summed E-state index contributed by atoms with van der Waals surface area (Å²) in [6.07, 6.45) is 0. The number of halogens is 2. The van der Waals surface area contributed by atoms with E-state index >= 15 is 0 Å². The van der Waals surface area contributed by atoms with Gasteiger partial charge in [0, 0.05) is 0 Å². The molecule has 0 atom stereocenters. The maximum Gasteiger partial charge on any atom is -0.269 e. The largest absolute Gasteiger partial charge is 0.269 e. The quantitative estimate of drug-likeness (QED) is 0.795. The Hall–Kier alpha value is -1.39. The molecule has 0 amide bonds. The van der Waals surface area contributed by atoms with Crippen LogP contribution in [-0.2, 0) is 19.9 Å². The molecule has 0 fully saturated rings. The normalized spacial score (nSPS) is 8.74. The smallest absolute Gasteiger partial charge is 0.269 e. The van der Waals surface area contributed by atoms with E-state index in [1.54, 1.807) is 0 Å². The second-order valence-electron chi connectivity index (χ2n) is 3.82. The summed E-state index contributed by atoms with van der Waals surface area (Å²) < 4.78 is 11.4. The molecule has 0 spiro atoms. The van der Waals surface area contributed by atoms with Gasteiger partial charge in [0.1, 0.15) is 0 Å². The predicted molar refractivity (Wildman–Crippen MR) is 68.6 cm³/mol. The molecular weight excluding hydrogens is 286 g/mol. The zero-order valence-electron chi connectivity index (χ0n) is 10.8. The Morgan fingerprint density at radius 1 is 0.684 bits per heavy atom. The van der Waals surface area contributed by atoms with Crippen LogP contribution in [0.1, 0.15) is 11.1 Å². The molecular formula is C14H16F2O2Ti. The van der Waals surface area contributed by atoms with Crippen molar-refractivity contribution >= 4 is 0 Å².